The molecule has 2 nitrogen and oxygen atoms in total. The third-order valence-corrected chi connectivity index (χ3v) is 4.11. The number of nitrogens with one attached hydrogen (secondary N) is 1. The third-order valence-electron chi connectivity index (χ3n) is 4.11. The highest BCUT2D eigenvalue weighted by Crippen LogP contribution is 2.25. The molecule has 3 atom stereocenters. The second-order valence-corrected chi connectivity index (χ2v) is 5.56. The van der Waals surface area contributed by atoms with Crippen LogP contribution in [0.15, 0.2) is 24.3 Å². The molecule has 0 aromatic heterocycles. The Morgan fingerprint density at radius 1 is 1.28 bits per heavy atom. The molecule has 1 aromatic carbocycles. The van der Waals surface area contributed by atoms with Gasteiger partial charge in [0.15, 0.2) is 0 Å². The second kappa shape index (κ2) is 6.35. The molecule has 1 fully saturated rings. The molecular formula is C16H25NO. The van der Waals surface area contributed by atoms with Gasteiger partial charge in [0, 0.05) is 6.04 Å². The molecule has 0 bridgehead atoms. The van der Waals surface area contributed by atoms with Gasteiger partial charge in [-0.2, -0.15) is 0 Å². The normalized spacial score (nSPS) is 25.3. The van der Waals surface area contributed by atoms with Crippen molar-refractivity contribution in [2.24, 2.45) is 5.92 Å². The highest BCUT2D eigenvalue weighted by molar-refractivity contribution is 5.24. The summed E-state index contributed by atoms with van der Waals surface area (Å²) in [6.45, 7) is 5.42. The molecule has 1 aromatic rings. The molecule has 0 amide bonds. The fourth-order valence-corrected chi connectivity index (χ4v) is 2.74. The van der Waals surface area contributed by atoms with Gasteiger partial charge in [-0.1, -0.05) is 31.2 Å². The number of hydrogen-bond acceptors (Lipinski definition) is 2. The lowest BCUT2D eigenvalue weighted by Gasteiger charge is -2.17. The van der Waals surface area contributed by atoms with E-state index in [2.05, 4.69) is 43.4 Å². The zero-order valence-corrected chi connectivity index (χ0v) is 11.5. The summed E-state index contributed by atoms with van der Waals surface area (Å²) >= 11 is 0. The quantitative estimate of drug-likeness (QED) is 0.838. The maximum absolute atomic E-state index is 9.51. The van der Waals surface area contributed by atoms with Gasteiger partial charge >= 0.3 is 0 Å². The van der Waals surface area contributed by atoms with Crippen molar-refractivity contribution in [1.29, 1.82) is 0 Å². The maximum atomic E-state index is 9.51. The highest BCUT2D eigenvalue weighted by Gasteiger charge is 2.22. The first-order chi connectivity index (χ1) is 8.69. The predicted octanol–water partition coefficient (Wildman–Crippen LogP) is 3.06. The highest BCUT2D eigenvalue weighted by atomic mass is 16.3. The molecule has 3 unspecified atom stereocenters. The molecule has 2 heteroatoms. The molecule has 1 aliphatic carbocycles. The monoisotopic (exact) mass is 247 g/mol. The topological polar surface area (TPSA) is 32.3 Å². The average molecular weight is 247 g/mol. The van der Waals surface area contributed by atoms with E-state index < -0.39 is 0 Å². The van der Waals surface area contributed by atoms with Gasteiger partial charge in [0.2, 0.25) is 0 Å². The van der Waals surface area contributed by atoms with E-state index >= 15 is 0 Å². The lowest BCUT2D eigenvalue weighted by atomic mass is 10.0. The number of aryl methyl sites for hydroxylation is 1. The van der Waals surface area contributed by atoms with E-state index in [1.165, 1.54) is 11.1 Å². The summed E-state index contributed by atoms with van der Waals surface area (Å²) in [5.41, 5.74) is 2.75. The number of aliphatic hydroxyl groups excluding tert-OH is 1. The molecule has 100 valence electrons. The standard InChI is InChI=1S/C16H25NO/c1-3-13-4-7-15(8-5-13)12(2)17-11-14-6-9-16(18)10-14/h4-5,7-8,12,14,16-18H,3,6,9-11H2,1-2H3. The van der Waals surface area contributed by atoms with E-state index in [-0.39, 0.29) is 6.10 Å². The Morgan fingerprint density at radius 2 is 2.00 bits per heavy atom. The van der Waals surface area contributed by atoms with Crippen LogP contribution >= 0.6 is 0 Å². The van der Waals surface area contributed by atoms with Crippen molar-refractivity contribution < 1.29 is 5.11 Å². The summed E-state index contributed by atoms with van der Waals surface area (Å²) in [5, 5.41) is 13.1. The van der Waals surface area contributed by atoms with Gasteiger partial charge in [0.05, 0.1) is 6.10 Å². The van der Waals surface area contributed by atoms with Gasteiger partial charge in [0.25, 0.3) is 0 Å². The van der Waals surface area contributed by atoms with Crippen LogP contribution in [0.25, 0.3) is 0 Å². The van der Waals surface area contributed by atoms with Crippen LogP contribution in [-0.4, -0.2) is 17.8 Å². The minimum Gasteiger partial charge on any atom is -0.393 e. The minimum absolute atomic E-state index is 0.0593. The Kier molecular flexibility index (Phi) is 4.79. The Hall–Kier alpha value is -0.860. The van der Waals surface area contributed by atoms with Crippen molar-refractivity contribution >= 4 is 0 Å². The summed E-state index contributed by atoms with van der Waals surface area (Å²) in [6.07, 6.45) is 4.15. The first-order valence-electron chi connectivity index (χ1n) is 7.19. The van der Waals surface area contributed by atoms with Gasteiger partial charge in [0.1, 0.15) is 0 Å². The average Bonchev–Trinajstić information content (AvgIpc) is 2.82. The largest absolute Gasteiger partial charge is 0.393 e. The molecule has 18 heavy (non-hydrogen) atoms. The van der Waals surface area contributed by atoms with Gasteiger partial charge in [-0.25, -0.2) is 0 Å². The molecule has 2 N–H and O–H groups in total. The molecule has 0 radical (unpaired) electrons. The summed E-state index contributed by atoms with van der Waals surface area (Å²) in [7, 11) is 0. The van der Waals surface area contributed by atoms with E-state index in [1.54, 1.807) is 0 Å². The molecule has 1 saturated carbocycles. The van der Waals surface area contributed by atoms with Crippen LogP contribution in [0.5, 0.6) is 0 Å². The van der Waals surface area contributed by atoms with Gasteiger partial charge < -0.3 is 10.4 Å². The van der Waals surface area contributed by atoms with E-state index in [4.69, 9.17) is 0 Å². The lowest BCUT2D eigenvalue weighted by molar-refractivity contribution is 0.177. The lowest BCUT2D eigenvalue weighted by Crippen LogP contribution is -2.25. The fraction of sp³-hybridized carbons (Fsp3) is 0.625. The Balaban J connectivity index is 1.81. The van der Waals surface area contributed by atoms with Crippen molar-refractivity contribution in [2.45, 2.75) is 51.7 Å². The Morgan fingerprint density at radius 3 is 2.56 bits per heavy atom. The summed E-state index contributed by atoms with van der Waals surface area (Å²) in [4.78, 5) is 0. The molecule has 0 saturated heterocycles. The van der Waals surface area contributed by atoms with Crippen LogP contribution in [0.4, 0.5) is 0 Å². The SMILES string of the molecule is CCc1ccc(C(C)NCC2CCC(O)C2)cc1. The van der Waals surface area contributed by atoms with E-state index in [0.29, 0.717) is 12.0 Å². The van der Waals surface area contributed by atoms with Crippen molar-refractivity contribution in [3.63, 3.8) is 0 Å². The van der Waals surface area contributed by atoms with Crippen molar-refractivity contribution in [3.8, 4) is 0 Å². The van der Waals surface area contributed by atoms with E-state index in [1.807, 2.05) is 0 Å². The Labute approximate surface area is 110 Å². The molecule has 2 rings (SSSR count). The Bertz CT molecular complexity index is 360. The number of aliphatic hydroxyl groups is 1. The predicted molar refractivity (Wildman–Crippen MR) is 75.6 cm³/mol. The van der Waals surface area contributed by atoms with E-state index in [9.17, 15) is 5.11 Å². The molecular weight excluding hydrogens is 222 g/mol. The first kappa shape index (κ1) is 13.6. The maximum Gasteiger partial charge on any atom is 0.0543 e. The van der Waals surface area contributed by atoms with Gasteiger partial charge in [-0.3, -0.25) is 0 Å². The van der Waals surface area contributed by atoms with Crippen LogP contribution in [0.2, 0.25) is 0 Å². The second-order valence-electron chi connectivity index (χ2n) is 5.56. The third kappa shape index (κ3) is 3.56. The zero-order valence-electron chi connectivity index (χ0n) is 11.5. The number of hydrogen-bond donors (Lipinski definition) is 2. The first-order valence-corrected chi connectivity index (χ1v) is 7.19. The summed E-state index contributed by atoms with van der Waals surface area (Å²) in [5.74, 6) is 0.650. The summed E-state index contributed by atoms with van der Waals surface area (Å²) in [6, 6.07) is 9.27. The fourth-order valence-electron chi connectivity index (χ4n) is 2.74. The molecule has 0 aliphatic heterocycles. The van der Waals surface area contributed by atoms with Crippen LogP contribution in [0.1, 0.15) is 50.3 Å². The minimum atomic E-state index is -0.0593. The van der Waals surface area contributed by atoms with Gasteiger partial charge in [-0.15, -0.1) is 0 Å². The number of benzene rings is 1. The molecule has 0 heterocycles. The van der Waals surface area contributed by atoms with Crippen molar-refractivity contribution in [3.05, 3.63) is 35.4 Å². The van der Waals surface area contributed by atoms with Crippen LogP contribution in [-0.2, 0) is 6.42 Å². The van der Waals surface area contributed by atoms with Crippen molar-refractivity contribution in [1.82, 2.24) is 5.32 Å². The van der Waals surface area contributed by atoms with E-state index in [0.717, 1.165) is 32.2 Å². The zero-order chi connectivity index (χ0) is 13.0. The van der Waals surface area contributed by atoms with Gasteiger partial charge in [-0.05, 0) is 56.2 Å². The molecule has 1 aliphatic rings. The number of rotatable bonds is 5. The van der Waals surface area contributed by atoms with Crippen LogP contribution in [0, 0.1) is 5.92 Å². The smallest absolute Gasteiger partial charge is 0.0543 e. The molecule has 0 spiro atoms. The summed E-state index contributed by atoms with van der Waals surface area (Å²) < 4.78 is 0. The van der Waals surface area contributed by atoms with Crippen molar-refractivity contribution in [2.75, 3.05) is 6.54 Å². The van der Waals surface area contributed by atoms with Crippen LogP contribution in [0.3, 0.4) is 0 Å². The van der Waals surface area contributed by atoms with Crippen LogP contribution < -0.4 is 5.32 Å².